The van der Waals surface area contributed by atoms with Gasteiger partial charge in [-0.2, -0.15) is 0 Å². The monoisotopic (exact) mass is 157 g/mol. The summed E-state index contributed by atoms with van der Waals surface area (Å²) in [6.45, 7) is 0. The summed E-state index contributed by atoms with van der Waals surface area (Å²) >= 11 is 0. The molecule has 2 aliphatic heterocycles. The van der Waals surface area contributed by atoms with Crippen LogP contribution in [-0.4, -0.2) is 34.5 Å². The largest absolute Gasteiger partial charge is 0.392 e. The molecular formula is C8H15NO2. The Balaban J connectivity index is 2.07. The maximum Gasteiger partial charge on any atom is 0.0694 e. The molecule has 2 aliphatic rings. The van der Waals surface area contributed by atoms with Crippen LogP contribution >= 0.6 is 0 Å². The van der Waals surface area contributed by atoms with Gasteiger partial charge in [0, 0.05) is 12.1 Å². The Morgan fingerprint density at radius 1 is 0.818 bits per heavy atom. The Morgan fingerprint density at radius 2 is 1.27 bits per heavy atom. The number of fused-ring (bicyclic) bond motifs is 2. The molecule has 2 heterocycles. The summed E-state index contributed by atoms with van der Waals surface area (Å²) in [6, 6.07) is 0.495. The molecule has 4 atom stereocenters. The second-order valence-electron chi connectivity index (χ2n) is 3.67. The topological polar surface area (TPSA) is 52.5 Å². The molecule has 2 saturated heterocycles. The van der Waals surface area contributed by atoms with E-state index in [0.29, 0.717) is 0 Å². The van der Waals surface area contributed by atoms with Crippen LogP contribution in [-0.2, 0) is 0 Å². The van der Waals surface area contributed by atoms with Crippen LogP contribution in [0.15, 0.2) is 0 Å². The first kappa shape index (κ1) is 7.53. The quantitative estimate of drug-likeness (QED) is 0.449. The van der Waals surface area contributed by atoms with Crippen LogP contribution in [0.2, 0.25) is 0 Å². The van der Waals surface area contributed by atoms with Gasteiger partial charge in [-0.25, -0.2) is 0 Å². The van der Waals surface area contributed by atoms with Crippen LogP contribution in [0, 0.1) is 0 Å². The minimum absolute atomic E-state index is 0.239. The van der Waals surface area contributed by atoms with E-state index in [9.17, 15) is 10.2 Å². The van der Waals surface area contributed by atoms with Crippen LogP contribution in [0.25, 0.3) is 0 Å². The summed E-state index contributed by atoms with van der Waals surface area (Å²) in [7, 11) is 0. The Labute approximate surface area is 66.4 Å². The molecule has 0 amide bonds. The van der Waals surface area contributed by atoms with Crippen LogP contribution < -0.4 is 5.32 Å². The van der Waals surface area contributed by atoms with Crippen molar-refractivity contribution in [1.29, 1.82) is 0 Å². The number of aliphatic hydroxyl groups excluding tert-OH is 2. The van der Waals surface area contributed by atoms with Crippen molar-refractivity contribution in [2.45, 2.75) is 50.0 Å². The Bertz CT molecular complexity index is 135. The van der Waals surface area contributed by atoms with E-state index in [1.54, 1.807) is 0 Å². The minimum Gasteiger partial charge on any atom is -0.392 e. The second-order valence-corrected chi connectivity index (χ2v) is 3.67. The average molecular weight is 157 g/mol. The lowest BCUT2D eigenvalue weighted by Gasteiger charge is -2.15. The summed E-state index contributed by atoms with van der Waals surface area (Å²) in [5.74, 6) is 0. The first-order chi connectivity index (χ1) is 5.27. The highest BCUT2D eigenvalue weighted by Gasteiger charge is 2.36. The summed E-state index contributed by atoms with van der Waals surface area (Å²) in [5, 5.41) is 22.3. The van der Waals surface area contributed by atoms with Gasteiger partial charge < -0.3 is 15.5 Å². The maximum atomic E-state index is 9.52. The van der Waals surface area contributed by atoms with E-state index in [-0.39, 0.29) is 24.3 Å². The SMILES string of the molecule is OC1CCC(O)C2CCC1N2. The molecule has 3 nitrogen and oxygen atoms in total. The molecule has 2 bridgehead atoms. The third-order valence-corrected chi connectivity index (χ3v) is 2.90. The summed E-state index contributed by atoms with van der Waals surface area (Å²) in [5.41, 5.74) is 0. The van der Waals surface area contributed by atoms with Crippen molar-refractivity contribution in [1.82, 2.24) is 5.32 Å². The van der Waals surface area contributed by atoms with Crippen molar-refractivity contribution in [2.75, 3.05) is 0 Å². The zero-order valence-corrected chi connectivity index (χ0v) is 6.53. The van der Waals surface area contributed by atoms with Gasteiger partial charge in [0.1, 0.15) is 0 Å². The van der Waals surface area contributed by atoms with Crippen molar-refractivity contribution < 1.29 is 10.2 Å². The molecule has 0 spiro atoms. The highest BCUT2D eigenvalue weighted by atomic mass is 16.3. The lowest BCUT2D eigenvalue weighted by Crippen LogP contribution is -2.38. The van der Waals surface area contributed by atoms with Gasteiger partial charge in [0.25, 0.3) is 0 Å². The zero-order valence-electron chi connectivity index (χ0n) is 6.53. The predicted octanol–water partition coefficient (Wildman–Crippen LogP) is -0.377. The van der Waals surface area contributed by atoms with Gasteiger partial charge in [0.15, 0.2) is 0 Å². The van der Waals surface area contributed by atoms with E-state index in [4.69, 9.17) is 0 Å². The predicted molar refractivity (Wildman–Crippen MR) is 41.2 cm³/mol. The van der Waals surface area contributed by atoms with E-state index < -0.39 is 0 Å². The minimum atomic E-state index is -0.239. The molecule has 64 valence electrons. The van der Waals surface area contributed by atoms with E-state index >= 15 is 0 Å². The van der Waals surface area contributed by atoms with E-state index in [0.717, 1.165) is 25.7 Å². The van der Waals surface area contributed by atoms with E-state index in [2.05, 4.69) is 5.32 Å². The molecule has 3 heteroatoms. The lowest BCUT2D eigenvalue weighted by molar-refractivity contribution is 0.105. The normalized spacial score (nSPS) is 50.7. The molecule has 2 fully saturated rings. The van der Waals surface area contributed by atoms with Gasteiger partial charge in [-0.3, -0.25) is 0 Å². The first-order valence-electron chi connectivity index (χ1n) is 4.39. The molecule has 4 unspecified atom stereocenters. The highest BCUT2D eigenvalue weighted by Crippen LogP contribution is 2.25. The molecule has 0 aromatic heterocycles. The van der Waals surface area contributed by atoms with Crippen LogP contribution in [0.5, 0.6) is 0 Å². The second kappa shape index (κ2) is 2.73. The zero-order chi connectivity index (χ0) is 7.84. The fourth-order valence-electron chi connectivity index (χ4n) is 2.15. The third-order valence-electron chi connectivity index (χ3n) is 2.90. The molecule has 0 radical (unpaired) electrons. The van der Waals surface area contributed by atoms with Gasteiger partial charge in [-0.15, -0.1) is 0 Å². The number of aliphatic hydroxyl groups is 2. The fraction of sp³-hybridized carbons (Fsp3) is 1.00. The lowest BCUT2D eigenvalue weighted by atomic mass is 9.97. The molecule has 0 saturated carbocycles. The van der Waals surface area contributed by atoms with Gasteiger partial charge in [0.2, 0.25) is 0 Å². The molecule has 2 rings (SSSR count). The number of hydrogen-bond donors (Lipinski definition) is 3. The highest BCUT2D eigenvalue weighted by molar-refractivity contribution is 4.95. The van der Waals surface area contributed by atoms with Gasteiger partial charge in [-0.1, -0.05) is 0 Å². The number of hydrogen-bond acceptors (Lipinski definition) is 3. The molecule has 0 aromatic rings. The molecule has 11 heavy (non-hydrogen) atoms. The van der Waals surface area contributed by atoms with Gasteiger partial charge in [0.05, 0.1) is 12.2 Å². The standard InChI is InChI=1S/C8H15NO2/c10-7-3-4-8(11)6-2-1-5(7)9-6/h5-11H,1-4H2. The van der Waals surface area contributed by atoms with Gasteiger partial charge >= 0.3 is 0 Å². The van der Waals surface area contributed by atoms with Crippen molar-refractivity contribution in [3.05, 3.63) is 0 Å². The smallest absolute Gasteiger partial charge is 0.0694 e. The van der Waals surface area contributed by atoms with Crippen LogP contribution in [0.4, 0.5) is 0 Å². The van der Waals surface area contributed by atoms with Crippen molar-refractivity contribution in [3.8, 4) is 0 Å². The summed E-state index contributed by atoms with van der Waals surface area (Å²) < 4.78 is 0. The van der Waals surface area contributed by atoms with Crippen molar-refractivity contribution in [3.63, 3.8) is 0 Å². The van der Waals surface area contributed by atoms with Crippen LogP contribution in [0.1, 0.15) is 25.7 Å². The fourth-order valence-corrected chi connectivity index (χ4v) is 2.15. The Kier molecular flexibility index (Phi) is 1.87. The Hall–Kier alpha value is -0.120. The maximum absolute atomic E-state index is 9.52. The molecule has 0 aromatic carbocycles. The van der Waals surface area contributed by atoms with Gasteiger partial charge in [-0.05, 0) is 25.7 Å². The summed E-state index contributed by atoms with van der Waals surface area (Å²) in [4.78, 5) is 0. The molecule has 0 aliphatic carbocycles. The summed E-state index contributed by atoms with van der Waals surface area (Å²) in [6.07, 6.45) is 3.05. The van der Waals surface area contributed by atoms with E-state index in [1.165, 1.54) is 0 Å². The molecular weight excluding hydrogens is 142 g/mol. The third kappa shape index (κ3) is 1.28. The number of rotatable bonds is 0. The van der Waals surface area contributed by atoms with Crippen molar-refractivity contribution >= 4 is 0 Å². The van der Waals surface area contributed by atoms with E-state index in [1.807, 2.05) is 0 Å². The van der Waals surface area contributed by atoms with Crippen LogP contribution in [0.3, 0.4) is 0 Å². The molecule has 3 N–H and O–H groups in total. The Morgan fingerprint density at radius 3 is 1.73 bits per heavy atom. The average Bonchev–Trinajstić information content (AvgIpc) is 2.42. The first-order valence-corrected chi connectivity index (χ1v) is 4.39. The number of nitrogens with one attached hydrogen (secondary N) is 1. The van der Waals surface area contributed by atoms with Crippen molar-refractivity contribution in [2.24, 2.45) is 0 Å².